The van der Waals surface area contributed by atoms with E-state index in [9.17, 15) is 18.0 Å². The minimum atomic E-state index is -4.29. The number of carbonyl (C=O) groups is 1. The largest absolute Gasteiger partial charge is 0.402 e. The third kappa shape index (κ3) is 7.11. The first-order valence-electron chi connectivity index (χ1n) is 3.04. The molecule has 0 unspecified atom stereocenters. The molecule has 0 fully saturated rings. The monoisotopic (exact) mass is 170 g/mol. The fourth-order valence-electron chi connectivity index (χ4n) is 0.331. The van der Waals surface area contributed by atoms with E-state index in [0.29, 0.717) is 0 Å². The van der Waals surface area contributed by atoms with E-state index in [0.717, 1.165) is 0 Å². The van der Waals surface area contributed by atoms with E-state index < -0.39 is 18.6 Å². The first-order valence-corrected chi connectivity index (χ1v) is 3.04. The van der Waals surface area contributed by atoms with E-state index in [1.807, 2.05) is 5.43 Å². The van der Waals surface area contributed by atoms with Gasteiger partial charge in [0.05, 0.1) is 0 Å². The number of hydrogen-bond donors (Lipinski definition) is 2. The molecule has 0 saturated heterocycles. The zero-order chi connectivity index (χ0) is 8.91. The van der Waals surface area contributed by atoms with Crippen molar-refractivity contribution >= 4 is 5.91 Å². The third-order valence-corrected chi connectivity index (χ3v) is 0.838. The van der Waals surface area contributed by atoms with Gasteiger partial charge >= 0.3 is 6.18 Å². The summed E-state index contributed by atoms with van der Waals surface area (Å²) in [5.74, 6) is -0.464. The van der Waals surface area contributed by atoms with Crippen LogP contribution in [0.5, 0.6) is 0 Å². The summed E-state index contributed by atoms with van der Waals surface area (Å²) in [7, 11) is 0. The number of carbonyl (C=O) groups excluding carboxylic acids is 1. The molecule has 0 radical (unpaired) electrons. The van der Waals surface area contributed by atoms with Crippen LogP contribution in [0.3, 0.4) is 0 Å². The predicted molar refractivity (Wildman–Crippen MR) is 32.5 cm³/mol. The van der Waals surface area contributed by atoms with Gasteiger partial charge in [0.1, 0.15) is 6.54 Å². The first kappa shape index (κ1) is 10.2. The molecule has 0 saturated carbocycles. The fraction of sp³-hybridized carbons (Fsp3) is 0.800. The average molecular weight is 170 g/mol. The molecule has 0 atom stereocenters. The van der Waals surface area contributed by atoms with Gasteiger partial charge in [0.15, 0.2) is 0 Å². The van der Waals surface area contributed by atoms with Crippen molar-refractivity contribution in [1.82, 2.24) is 10.9 Å². The zero-order valence-corrected chi connectivity index (χ0v) is 5.96. The highest BCUT2D eigenvalue weighted by molar-refractivity contribution is 5.74. The fourth-order valence-corrected chi connectivity index (χ4v) is 0.331. The van der Waals surface area contributed by atoms with Gasteiger partial charge in [-0.05, 0) is 0 Å². The molecule has 2 N–H and O–H groups in total. The van der Waals surface area contributed by atoms with Crippen LogP contribution in [0.2, 0.25) is 0 Å². The normalized spacial score (nSPS) is 11.3. The minimum absolute atomic E-state index is 0.158. The van der Waals surface area contributed by atoms with E-state index in [1.165, 1.54) is 0 Å². The summed E-state index contributed by atoms with van der Waals surface area (Å²) in [6.07, 6.45) is -4.13. The summed E-state index contributed by atoms with van der Waals surface area (Å²) in [4.78, 5) is 10.4. The Kier molecular flexibility index (Phi) is 3.88. The van der Waals surface area contributed by atoms with Crippen LogP contribution in [-0.2, 0) is 4.79 Å². The highest BCUT2D eigenvalue weighted by atomic mass is 19.4. The number of halogens is 3. The maximum absolute atomic E-state index is 11.4. The van der Waals surface area contributed by atoms with Gasteiger partial charge in [-0.3, -0.25) is 10.2 Å². The van der Waals surface area contributed by atoms with Crippen molar-refractivity contribution < 1.29 is 18.0 Å². The second kappa shape index (κ2) is 4.17. The van der Waals surface area contributed by atoms with Gasteiger partial charge in [0.25, 0.3) is 0 Å². The van der Waals surface area contributed by atoms with Gasteiger partial charge < -0.3 is 0 Å². The third-order valence-electron chi connectivity index (χ3n) is 0.838. The number of hydrogen-bond acceptors (Lipinski definition) is 2. The van der Waals surface area contributed by atoms with Gasteiger partial charge in [-0.25, -0.2) is 5.43 Å². The van der Waals surface area contributed by atoms with Crippen LogP contribution in [0.15, 0.2) is 0 Å². The first-order chi connectivity index (χ1) is 4.95. The Bertz CT molecular complexity index is 134. The summed E-state index contributed by atoms with van der Waals surface area (Å²) in [5, 5.41) is 0. The van der Waals surface area contributed by atoms with Crippen LogP contribution in [0, 0.1) is 0 Å². The molecule has 3 nitrogen and oxygen atoms in total. The molecule has 0 heterocycles. The second-order valence-electron chi connectivity index (χ2n) is 1.87. The van der Waals surface area contributed by atoms with Crippen LogP contribution < -0.4 is 10.9 Å². The van der Waals surface area contributed by atoms with Crippen LogP contribution in [0.1, 0.15) is 13.3 Å². The maximum atomic E-state index is 11.4. The molecule has 0 aliphatic rings. The lowest BCUT2D eigenvalue weighted by molar-refractivity contribution is -0.132. The molecule has 0 aliphatic carbocycles. The smallest absolute Gasteiger partial charge is 0.291 e. The van der Waals surface area contributed by atoms with Gasteiger partial charge in [0, 0.05) is 6.42 Å². The maximum Gasteiger partial charge on any atom is 0.402 e. The Morgan fingerprint density at radius 3 is 2.36 bits per heavy atom. The standard InChI is InChI=1S/C5H9F3N2O/c1-2-4(11)10-9-3-5(6,7)8/h9H,2-3H2,1H3,(H,10,11). The van der Waals surface area contributed by atoms with Crippen molar-refractivity contribution in [2.75, 3.05) is 6.54 Å². The molecule has 0 spiro atoms. The molecule has 66 valence electrons. The Morgan fingerprint density at radius 1 is 1.45 bits per heavy atom. The lowest BCUT2D eigenvalue weighted by atomic mass is 10.5. The van der Waals surface area contributed by atoms with Crippen molar-refractivity contribution in [3.05, 3.63) is 0 Å². The molecule has 6 heteroatoms. The molecule has 0 rings (SSSR count). The number of amides is 1. The zero-order valence-electron chi connectivity index (χ0n) is 5.96. The Labute approximate surface area is 61.9 Å². The van der Waals surface area contributed by atoms with E-state index in [1.54, 1.807) is 12.3 Å². The summed E-state index contributed by atoms with van der Waals surface area (Å²) < 4.78 is 34.2. The van der Waals surface area contributed by atoms with Gasteiger partial charge in [-0.1, -0.05) is 6.92 Å². The minimum Gasteiger partial charge on any atom is -0.291 e. The molecular weight excluding hydrogens is 161 g/mol. The summed E-state index contributed by atoms with van der Waals surface area (Å²) in [6.45, 7) is 0.337. The number of nitrogens with one attached hydrogen (secondary N) is 2. The molecule has 0 bridgehead atoms. The Morgan fingerprint density at radius 2 is 2.00 bits per heavy atom. The van der Waals surface area contributed by atoms with Gasteiger partial charge in [-0.15, -0.1) is 0 Å². The topological polar surface area (TPSA) is 41.1 Å². The molecule has 1 amide bonds. The van der Waals surface area contributed by atoms with Gasteiger partial charge in [0.2, 0.25) is 5.91 Å². The van der Waals surface area contributed by atoms with Crippen LogP contribution in [-0.4, -0.2) is 18.6 Å². The lowest BCUT2D eigenvalue weighted by Crippen LogP contribution is -2.42. The molecule has 0 aromatic heterocycles. The van der Waals surface area contributed by atoms with E-state index in [2.05, 4.69) is 0 Å². The van der Waals surface area contributed by atoms with Crippen LogP contribution in [0.4, 0.5) is 13.2 Å². The van der Waals surface area contributed by atoms with Gasteiger partial charge in [-0.2, -0.15) is 13.2 Å². The van der Waals surface area contributed by atoms with E-state index in [-0.39, 0.29) is 6.42 Å². The van der Waals surface area contributed by atoms with Crippen molar-refractivity contribution in [1.29, 1.82) is 0 Å². The number of alkyl halides is 3. The highest BCUT2D eigenvalue weighted by Gasteiger charge is 2.26. The van der Waals surface area contributed by atoms with Crippen molar-refractivity contribution in [2.45, 2.75) is 19.5 Å². The molecule has 0 aromatic rings. The van der Waals surface area contributed by atoms with Crippen molar-refractivity contribution in [3.8, 4) is 0 Å². The van der Waals surface area contributed by atoms with Crippen molar-refractivity contribution in [2.24, 2.45) is 0 Å². The van der Waals surface area contributed by atoms with Crippen molar-refractivity contribution in [3.63, 3.8) is 0 Å². The van der Waals surface area contributed by atoms with E-state index in [4.69, 9.17) is 0 Å². The lowest BCUT2D eigenvalue weighted by Gasteiger charge is -2.08. The number of rotatable bonds is 3. The van der Waals surface area contributed by atoms with Crippen LogP contribution >= 0.6 is 0 Å². The molecule has 0 aliphatic heterocycles. The average Bonchev–Trinajstić information content (AvgIpc) is 1.85. The summed E-state index contributed by atoms with van der Waals surface area (Å²) in [6, 6.07) is 0. The van der Waals surface area contributed by atoms with E-state index >= 15 is 0 Å². The Hall–Kier alpha value is -0.780. The summed E-state index contributed by atoms with van der Waals surface area (Å²) >= 11 is 0. The molecule has 11 heavy (non-hydrogen) atoms. The SMILES string of the molecule is CCC(=O)NNCC(F)(F)F. The number of hydrazine groups is 1. The quantitative estimate of drug-likeness (QED) is 0.608. The predicted octanol–water partition coefficient (Wildman–Crippen LogP) is 0.579. The summed E-state index contributed by atoms with van der Waals surface area (Å²) in [5.41, 5.74) is 3.63. The molecule has 0 aromatic carbocycles. The molecular formula is C5H9F3N2O. The highest BCUT2D eigenvalue weighted by Crippen LogP contribution is 2.11. The second-order valence-corrected chi connectivity index (χ2v) is 1.87. The van der Waals surface area contributed by atoms with Crippen LogP contribution in [0.25, 0.3) is 0 Å². The Balaban J connectivity index is 3.35.